The number of amidine groups is 1. The van der Waals surface area contributed by atoms with E-state index in [-0.39, 0.29) is 18.2 Å². The zero-order chi connectivity index (χ0) is 23.5. The summed E-state index contributed by atoms with van der Waals surface area (Å²) in [5, 5.41) is 13.2. The minimum atomic E-state index is -0.539. The van der Waals surface area contributed by atoms with Crippen LogP contribution in [0.1, 0.15) is 17.5 Å². The molecule has 10 heteroatoms. The van der Waals surface area contributed by atoms with Crippen molar-refractivity contribution in [2.45, 2.75) is 18.3 Å². The van der Waals surface area contributed by atoms with Crippen molar-refractivity contribution in [3.63, 3.8) is 0 Å². The van der Waals surface area contributed by atoms with Crippen molar-refractivity contribution in [1.29, 1.82) is 0 Å². The highest BCUT2D eigenvalue weighted by Crippen LogP contribution is 2.28. The van der Waals surface area contributed by atoms with Crippen LogP contribution in [0.15, 0.2) is 58.7 Å². The number of benzene rings is 2. The van der Waals surface area contributed by atoms with Gasteiger partial charge in [0.25, 0.3) is 0 Å². The van der Waals surface area contributed by atoms with E-state index in [4.69, 9.17) is 14.2 Å². The monoisotopic (exact) mass is 470 g/mol. The molecule has 2 aromatic rings. The molecule has 1 fully saturated rings. The lowest BCUT2D eigenvalue weighted by molar-refractivity contribution is -0.125. The third-order valence-corrected chi connectivity index (χ3v) is 5.63. The Kier molecular flexibility index (Phi) is 9.28. The summed E-state index contributed by atoms with van der Waals surface area (Å²) in [6.07, 6.45) is 1.61. The molecule has 174 valence electrons. The summed E-state index contributed by atoms with van der Waals surface area (Å²) < 4.78 is 16.2. The van der Waals surface area contributed by atoms with Gasteiger partial charge in [-0.1, -0.05) is 42.1 Å². The maximum atomic E-state index is 12.1. The van der Waals surface area contributed by atoms with Crippen LogP contribution in [0.5, 0.6) is 11.5 Å². The number of hydrogen-bond donors (Lipinski definition) is 2. The second-order valence-electron chi connectivity index (χ2n) is 6.98. The fraction of sp³-hybridized carbons (Fsp3) is 0.304. The quantitative estimate of drug-likeness (QED) is 0.296. The van der Waals surface area contributed by atoms with E-state index in [0.717, 1.165) is 11.1 Å². The van der Waals surface area contributed by atoms with Gasteiger partial charge >= 0.3 is 0 Å². The first-order valence-electron chi connectivity index (χ1n) is 10.3. The number of hydrogen-bond acceptors (Lipinski definition) is 8. The lowest BCUT2D eigenvalue weighted by Crippen LogP contribution is -2.32. The molecule has 0 spiro atoms. The standard InChI is InChI=1S/C23H26N4O5S/c1-30-11-10-24-21(28)13-20-22(29)26-23(33-20)27-25-14-17-8-9-18(19(12-17)31-2)32-15-16-6-4-3-5-7-16/h3-9,12,14,20H,10-11,13,15H2,1-2H3,(H,24,28)(H,26,27,29)/b25-14-/t20-/m1/s1. The minimum absolute atomic E-state index is 0.0601. The first-order chi connectivity index (χ1) is 16.1. The van der Waals surface area contributed by atoms with E-state index in [1.165, 1.54) is 11.8 Å². The fourth-order valence-corrected chi connectivity index (χ4v) is 3.81. The molecule has 9 nitrogen and oxygen atoms in total. The van der Waals surface area contributed by atoms with E-state index in [1.54, 1.807) is 32.6 Å². The summed E-state index contributed by atoms with van der Waals surface area (Å²) >= 11 is 1.17. The molecular formula is C23H26N4O5S. The van der Waals surface area contributed by atoms with Gasteiger partial charge in [0.05, 0.1) is 19.9 Å². The number of ether oxygens (including phenoxy) is 3. The number of amides is 2. The summed E-state index contributed by atoms with van der Waals surface area (Å²) in [6, 6.07) is 15.3. The minimum Gasteiger partial charge on any atom is -0.493 e. The number of nitrogens with one attached hydrogen (secondary N) is 2. The maximum Gasteiger partial charge on any atom is 0.240 e. The van der Waals surface area contributed by atoms with Crippen LogP contribution in [-0.2, 0) is 20.9 Å². The van der Waals surface area contributed by atoms with Gasteiger partial charge in [0.2, 0.25) is 11.8 Å². The Morgan fingerprint density at radius 3 is 2.76 bits per heavy atom. The largest absolute Gasteiger partial charge is 0.493 e. The molecule has 1 saturated heterocycles. The smallest absolute Gasteiger partial charge is 0.240 e. The van der Waals surface area contributed by atoms with Gasteiger partial charge in [-0.2, -0.15) is 5.10 Å². The molecule has 1 aliphatic rings. The predicted octanol–water partition coefficient (Wildman–Crippen LogP) is 2.35. The Morgan fingerprint density at radius 2 is 2.00 bits per heavy atom. The second kappa shape index (κ2) is 12.6. The lowest BCUT2D eigenvalue weighted by Gasteiger charge is -2.11. The molecule has 0 radical (unpaired) electrons. The number of rotatable bonds is 11. The molecule has 2 N–H and O–H groups in total. The topological polar surface area (TPSA) is 111 Å². The molecule has 1 aliphatic heterocycles. The van der Waals surface area contributed by atoms with Gasteiger partial charge in [-0.25, -0.2) is 0 Å². The van der Waals surface area contributed by atoms with E-state index in [0.29, 0.717) is 36.4 Å². The fourth-order valence-electron chi connectivity index (χ4n) is 2.89. The molecule has 0 aromatic heterocycles. The van der Waals surface area contributed by atoms with Crippen LogP contribution in [0.3, 0.4) is 0 Å². The Hall–Kier alpha value is -3.37. The Balaban J connectivity index is 1.54. The van der Waals surface area contributed by atoms with Crippen molar-refractivity contribution in [1.82, 2.24) is 10.6 Å². The number of carbonyl (C=O) groups excluding carboxylic acids is 2. The average Bonchev–Trinajstić information content (AvgIpc) is 3.17. The third kappa shape index (κ3) is 7.62. The van der Waals surface area contributed by atoms with Crippen LogP contribution in [0.2, 0.25) is 0 Å². The Bertz CT molecular complexity index is 1010. The van der Waals surface area contributed by atoms with E-state index < -0.39 is 5.25 Å². The number of carbonyl (C=O) groups is 2. The SMILES string of the molecule is COCCNC(=O)C[C@H]1S/C(=N/N=C\c2ccc(OCc3ccccc3)c(OC)c2)NC1=O. The van der Waals surface area contributed by atoms with Crippen LogP contribution in [0, 0.1) is 0 Å². The van der Waals surface area contributed by atoms with Crippen molar-refractivity contribution in [2.24, 2.45) is 10.2 Å². The second-order valence-corrected chi connectivity index (χ2v) is 8.17. The van der Waals surface area contributed by atoms with E-state index in [1.807, 2.05) is 36.4 Å². The maximum absolute atomic E-state index is 12.1. The number of nitrogens with zero attached hydrogens (tertiary/aromatic N) is 2. The van der Waals surface area contributed by atoms with Crippen molar-refractivity contribution >= 4 is 35.0 Å². The molecule has 1 atom stereocenters. The van der Waals surface area contributed by atoms with Crippen molar-refractivity contribution < 1.29 is 23.8 Å². The highest BCUT2D eigenvalue weighted by molar-refractivity contribution is 8.15. The molecule has 1 heterocycles. The van der Waals surface area contributed by atoms with Crippen molar-refractivity contribution in [2.75, 3.05) is 27.4 Å². The van der Waals surface area contributed by atoms with Gasteiger partial charge in [0.1, 0.15) is 11.9 Å². The summed E-state index contributed by atoms with van der Waals surface area (Å²) in [7, 11) is 3.13. The van der Waals surface area contributed by atoms with Gasteiger partial charge in [-0.15, -0.1) is 5.10 Å². The third-order valence-electron chi connectivity index (χ3n) is 4.56. The highest BCUT2D eigenvalue weighted by Gasteiger charge is 2.32. The normalized spacial score (nSPS) is 16.7. The van der Waals surface area contributed by atoms with Crippen LogP contribution in [0.4, 0.5) is 0 Å². The summed E-state index contributed by atoms with van der Waals surface area (Å²) in [5.41, 5.74) is 1.81. The molecule has 33 heavy (non-hydrogen) atoms. The van der Waals surface area contributed by atoms with Gasteiger partial charge in [-0.3, -0.25) is 9.59 Å². The molecule has 0 saturated carbocycles. The number of methoxy groups -OCH3 is 2. The summed E-state index contributed by atoms with van der Waals surface area (Å²) in [6.45, 7) is 1.25. The van der Waals surface area contributed by atoms with Gasteiger partial charge in [0, 0.05) is 20.1 Å². The first-order valence-corrected chi connectivity index (χ1v) is 11.2. The average molecular weight is 471 g/mol. The molecule has 2 amide bonds. The molecule has 3 rings (SSSR count). The zero-order valence-electron chi connectivity index (χ0n) is 18.4. The van der Waals surface area contributed by atoms with Crippen LogP contribution < -0.4 is 20.1 Å². The highest BCUT2D eigenvalue weighted by atomic mass is 32.2. The zero-order valence-corrected chi connectivity index (χ0v) is 19.3. The molecule has 2 aromatic carbocycles. The van der Waals surface area contributed by atoms with Crippen LogP contribution >= 0.6 is 11.8 Å². The molecule has 0 bridgehead atoms. The first kappa shape index (κ1) is 24.3. The van der Waals surface area contributed by atoms with Crippen LogP contribution in [-0.4, -0.2) is 55.8 Å². The summed E-state index contributed by atoms with van der Waals surface area (Å²) in [5.74, 6) is 0.712. The van der Waals surface area contributed by atoms with Gasteiger partial charge in [0.15, 0.2) is 16.7 Å². The van der Waals surface area contributed by atoms with E-state index in [2.05, 4.69) is 20.8 Å². The van der Waals surface area contributed by atoms with Gasteiger partial charge in [-0.05, 0) is 29.3 Å². The van der Waals surface area contributed by atoms with Crippen molar-refractivity contribution in [3.8, 4) is 11.5 Å². The van der Waals surface area contributed by atoms with Gasteiger partial charge < -0.3 is 24.8 Å². The molecule has 0 unspecified atom stereocenters. The lowest BCUT2D eigenvalue weighted by atomic mass is 10.2. The predicted molar refractivity (Wildman–Crippen MR) is 128 cm³/mol. The summed E-state index contributed by atoms with van der Waals surface area (Å²) in [4.78, 5) is 24.0. The Labute approximate surface area is 196 Å². The van der Waals surface area contributed by atoms with Crippen LogP contribution in [0.25, 0.3) is 0 Å². The molecule has 0 aliphatic carbocycles. The Morgan fingerprint density at radius 1 is 1.18 bits per heavy atom. The van der Waals surface area contributed by atoms with Crippen molar-refractivity contribution in [3.05, 3.63) is 59.7 Å². The van der Waals surface area contributed by atoms with E-state index in [9.17, 15) is 9.59 Å². The van der Waals surface area contributed by atoms with E-state index >= 15 is 0 Å². The molecular weight excluding hydrogens is 444 g/mol. The number of thioether (sulfide) groups is 1.